The van der Waals surface area contributed by atoms with Gasteiger partial charge in [0.1, 0.15) is 5.82 Å². The molecule has 0 aliphatic heterocycles. The Morgan fingerprint density at radius 1 is 1.47 bits per heavy atom. The van der Waals surface area contributed by atoms with Crippen molar-refractivity contribution < 1.29 is 28.5 Å². The monoisotopic (exact) mass is 218 g/mol. The molecule has 0 radical (unpaired) electrons. The van der Waals surface area contributed by atoms with Crippen molar-refractivity contribution in [3.8, 4) is 5.75 Å². The molecule has 0 fully saturated rings. The van der Waals surface area contributed by atoms with E-state index in [1.54, 1.807) is 0 Å². The lowest BCUT2D eigenvalue weighted by molar-refractivity contribution is -0.147. The molecule has 0 spiro atoms. The number of rotatable bonds is 3. The number of hydrogen-bond acceptors (Lipinski definition) is 3. The number of aliphatic hydroxyl groups excluding tert-OH is 1. The van der Waals surface area contributed by atoms with Crippen LogP contribution in [0.2, 0.25) is 0 Å². The molecule has 0 aliphatic carbocycles. The summed E-state index contributed by atoms with van der Waals surface area (Å²) in [7, 11) is 1.11. The van der Waals surface area contributed by atoms with Crippen molar-refractivity contribution >= 4 is 5.97 Å². The van der Waals surface area contributed by atoms with E-state index < -0.39 is 35.0 Å². The molecule has 1 unspecified atom stereocenters. The first-order valence-corrected chi connectivity index (χ1v) is 3.91. The van der Waals surface area contributed by atoms with E-state index in [1.807, 2.05) is 0 Å². The summed E-state index contributed by atoms with van der Waals surface area (Å²) in [6.07, 6.45) is -2.12. The molecule has 0 amide bonds. The first kappa shape index (κ1) is 11.4. The Kier molecular flexibility index (Phi) is 3.21. The Bertz CT molecular complexity index is 392. The zero-order chi connectivity index (χ0) is 11.6. The van der Waals surface area contributed by atoms with Crippen LogP contribution in [-0.2, 0) is 4.79 Å². The van der Waals surface area contributed by atoms with Crippen molar-refractivity contribution in [1.82, 2.24) is 0 Å². The van der Waals surface area contributed by atoms with Crippen molar-refractivity contribution in [3.63, 3.8) is 0 Å². The van der Waals surface area contributed by atoms with Gasteiger partial charge in [0.05, 0.1) is 7.11 Å². The highest BCUT2D eigenvalue weighted by atomic mass is 19.1. The highest BCUT2D eigenvalue weighted by molar-refractivity contribution is 5.74. The molecule has 0 aliphatic rings. The van der Waals surface area contributed by atoms with Crippen molar-refractivity contribution in [2.24, 2.45) is 0 Å². The third-order valence-corrected chi connectivity index (χ3v) is 1.78. The van der Waals surface area contributed by atoms with E-state index >= 15 is 0 Å². The Balaban J connectivity index is 3.28. The van der Waals surface area contributed by atoms with Crippen molar-refractivity contribution in [2.75, 3.05) is 7.11 Å². The Hall–Kier alpha value is -1.69. The largest absolute Gasteiger partial charge is 0.494 e. The summed E-state index contributed by atoms with van der Waals surface area (Å²) in [5.41, 5.74) is -0.667. The van der Waals surface area contributed by atoms with Crippen LogP contribution < -0.4 is 4.74 Å². The van der Waals surface area contributed by atoms with E-state index in [-0.39, 0.29) is 0 Å². The Morgan fingerprint density at radius 2 is 2.07 bits per heavy atom. The normalized spacial score (nSPS) is 12.3. The van der Waals surface area contributed by atoms with Crippen LogP contribution in [0.4, 0.5) is 8.78 Å². The molecule has 0 bridgehead atoms. The van der Waals surface area contributed by atoms with Gasteiger partial charge in [-0.1, -0.05) is 0 Å². The summed E-state index contributed by atoms with van der Waals surface area (Å²) in [5.74, 6) is -4.09. The highest BCUT2D eigenvalue weighted by Gasteiger charge is 2.23. The molecule has 0 aromatic heterocycles. The van der Waals surface area contributed by atoms with Gasteiger partial charge < -0.3 is 14.9 Å². The van der Waals surface area contributed by atoms with Gasteiger partial charge >= 0.3 is 5.97 Å². The molecule has 1 aromatic rings. The van der Waals surface area contributed by atoms with Crippen molar-refractivity contribution in [3.05, 3.63) is 29.3 Å². The number of carboxylic acids is 1. The zero-order valence-corrected chi connectivity index (χ0v) is 7.70. The van der Waals surface area contributed by atoms with Crippen LogP contribution in [0.15, 0.2) is 12.1 Å². The molecule has 1 aromatic carbocycles. The summed E-state index contributed by atoms with van der Waals surface area (Å²) in [5, 5.41) is 17.5. The topological polar surface area (TPSA) is 66.8 Å². The van der Waals surface area contributed by atoms with Crippen LogP contribution in [0.3, 0.4) is 0 Å². The SMILES string of the molecule is COc1cc(F)cc(C(O)C(=O)O)c1F. The van der Waals surface area contributed by atoms with E-state index in [2.05, 4.69) is 4.74 Å². The lowest BCUT2D eigenvalue weighted by Crippen LogP contribution is -2.13. The van der Waals surface area contributed by atoms with Crippen LogP contribution in [0.25, 0.3) is 0 Å². The van der Waals surface area contributed by atoms with Crippen molar-refractivity contribution in [1.29, 1.82) is 0 Å². The third-order valence-electron chi connectivity index (χ3n) is 1.78. The maximum absolute atomic E-state index is 13.3. The number of carboxylic acid groups (broad SMARTS) is 1. The van der Waals surface area contributed by atoms with E-state index in [4.69, 9.17) is 10.2 Å². The molecule has 0 saturated carbocycles. The van der Waals surface area contributed by atoms with Gasteiger partial charge in [0.25, 0.3) is 0 Å². The first-order chi connectivity index (χ1) is 6.97. The molecule has 0 heterocycles. The summed E-state index contributed by atoms with van der Waals surface area (Å²) in [6, 6.07) is 1.37. The number of methoxy groups -OCH3 is 1. The fourth-order valence-electron chi connectivity index (χ4n) is 1.06. The molecule has 4 nitrogen and oxygen atoms in total. The minimum atomic E-state index is -2.12. The second-order valence-electron chi connectivity index (χ2n) is 2.75. The van der Waals surface area contributed by atoms with E-state index in [0.717, 1.165) is 13.2 Å². The Labute approximate surface area is 83.7 Å². The number of hydrogen-bond donors (Lipinski definition) is 2. The molecule has 82 valence electrons. The molecular weight excluding hydrogens is 210 g/mol. The molecule has 1 atom stereocenters. The highest BCUT2D eigenvalue weighted by Crippen LogP contribution is 2.26. The van der Waals surface area contributed by atoms with Crippen LogP contribution in [0, 0.1) is 11.6 Å². The smallest absolute Gasteiger partial charge is 0.337 e. The fourth-order valence-corrected chi connectivity index (χ4v) is 1.06. The molecule has 1 rings (SSSR count). The summed E-state index contributed by atoms with van der Waals surface area (Å²) in [4.78, 5) is 10.4. The third kappa shape index (κ3) is 2.21. The van der Waals surface area contributed by atoms with Gasteiger partial charge in [-0.3, -0.25) is 0 Å². The van der Waals surface area contributed by atoms with Gasteiger partial charge in [-0.25, -0.2) is 13.6 Å². The predicted molar refractivity (Wildman–Crippen MR) is 45.5 cm³/mol. The first-order valence-electron chi connectivity index (χ1n) is 3.91. The van der Waals surface area contributed by atoms with Crippen LogP contribution >= 0.6 is 0 Å². The second kappa shape index (κ2) is 4.22. The quantitative estimate of drug-likeness (QED) is 0.796. The van der Waals surface area contributed by atoms with Gasteiger partial charge in [0, 0.05) is 11.6 Å². The lowest BCUT2D eigenvalue weighted by atomic mass is 10.1. The van der Waals surface area contributed by atoms with Gasteiger partial charge in [-0.15, -0.1) is 0 Å². The van der Waals surface area contributed by atoms with Crippen LogP contribution in [-0.4, -0.2) is 23.3 Å². The second-order valence-corrected chi connectivity index (χ2v) is 2.75. The van der Waals surface area contributed by atoms with Gasteiger partial charge in [-0.05, 0) is 6.07 Å². The minimum absolute atomic E-state index is 0.453. The lowest BCUT2D eigenvalue weighted by Gasteiger charge is -2.10. The molecular formula is C9H8F2O4. The molecule has 6 heteroatoms. The molecule has 15 heavy (non-hydrogen) atoms. The van der Waals surface area contributed by atoms with Gasteiger partial charge in [0.2, 0.25) is 0 Å². The summed E-state index contributed by atoms with van der Waals surface area (Å²) < 4.78 is 30.7. The number of halogens is 2. The van der Waals surface area contributed by atoms with E-state index in [1.165, 1.54) is 0 Å². The number of ether oxygens (including phenoxy) is 1. The summed E-state index contributed by atoms with van der Waals surface area (Å²) >= 11 is 0. The standard InChI is InChI=1S/C9H8F2O4/c1-15-6-3-4(10)2-5(7(6)11)8(12)9(13)14/h2-3,8,12H,1H3,(H,13,14). The molecule has 0 saturated heterocycles. The van der Waals surface area contributed by atoms with Crippen molar-refractivity contribution in [2.45, 2.75) is 6.10 Å². The van der Waals surface area contributed by atoms with E-state index in [9.17, 15) is 13.6 Å². The average molecular weight is 218 g/mol. The Morgan fingerprint density at radius 3 is 2.53 bits per heavy atom. The maximum atomic E-state index is 13.3. The maximum Gasteiger partial charge on any atom is 0.337 e. The number of aliphatic hydroxyl groups is 1. The molecule has 2 N–H and O–H groups in total. The average Bonchev–Trinajstić information content (AvgIpc) is 2.19. The number of aliphatic carboxylic acids is 1. The van der Waals surface area contributed by atoms with E-state index in [0.29, 0.717) is 6.07 Å². The van der Waals surface area contributed by atoms with Gasteiger partial charge in [0.15, 0.2) is 17.7 Å². The van der Waals surface area contributed by atoms with Crippen LogP contribution in [0.1, 0.15) is 11.7 Å². The van der Waals surface area contributed by atoms with Crippen LogP contribution in [0.5, 0.6) is 5.75 Å². The predicted octanol–water partition coefficient (Wildman–Crippen LogP) is 1.09. The minimum Gasteiger partial charge on any atom is -0.494 e. The fraction of sp³-hybridized carbons (Fsp3) is 0.222. The van der Waals surface area contributed by atoms with Gasteiger partial charge in [-0.2, -0.15) is 0 Å². The number of carbonyl (C=O) groups is 1. The zero-order valence-electron chi connectivity index (χ0n) is 7.70. The summed E-state index contributed by atoms with van der Waals surface area (Å²) in [6.45, 7) is 0. The number of benzene rings is 1.